The largest absolute Gasteiger partial charge is 0.481 e. The van der Waals surface area contributed by atoms with Crippen LogP contribution in [0.2, 0.25) is 0 Å². The molecular weight excluding hydrogens is 444 g/mol. The maximum atomic E-state index is 13.0. The summed E-state index contributed by atoms with van der Waals surface area (Å²) in [6, 6.07) is 16.2. The number of carboxylic acid groups (broad SMARTS) is 1. The van der Waals surface area contributed by atoms with Crippen LogP contribution in [0.3, 0.4) is 0 Å². The molecule has 1 aliphatic carbocycles. The van der Waals surface area contributed by atoms with Gasteiger partial charge in [-0.25, -0.2) is 4.79 Å². The summed E-state index contributed by atoms with van der Waals surface area (Å²) in [7, 11) is 0. The van der Waals surface area contributed by atoms with E-state index in [0.29, 0.717) is 18.8 Å². The molecule has 188 valence electrons. The topological polar surface area (TPSA) is 105 Å². The van der Waals surface area contributed by atoms with E-state index in [2.05, 4.69) is 34.9 Å². The number of hydrogen-bond acceptors (Lipinski definition) is 4. The fraction of sp³-hybridized carbons (Fsp3) is 0.464. The Bertz CT molecular complexity index is 1020. The lowest BCUT2D eigenvalue weighted by Gasteiger charge is -2.29. The third kappa shape index (κ3) is 6.41. The summed E-state index contributed by atoms with van der Waals surface area (Å²) in [5.41, 5.74) is 3.35. The number of benzene rings is 2. The molecule has 0 saturated carbocycles. The number of hydrogen-bond donors (Lipinski definition) is 3. The van der Waals surface area contributed by atoms with Crippen molar-refractivity contribution in [1.29, 1.82) is 0 Å². The smallest absolute Gasteiger partial charge is 0.408 e. The van der Waals surface area contributed by atoms with Gasteiger partial charge in [-0.15, -0.1) is 0 Å². The van der Waals surface area contributed by atoms with E-state index in [0.717, 1.165) is 22.3 Å². The lowest BCUT2D eigenvalue weighted by atomic mass is 9.93. The zero-order chi connectivity index (χ0) is 25.6. The van der Waals surface area contributed by atoms with Crippen LogP contribution in [0.1, 0.15) is 64.0 Å². The van der Waals surface area contributed by atoms with Crippen LogP contribution in [0.4, 0.5) is 4.79 Å². The lowest BCUT2D eigenvalue weighted by Crippen LogP contribution is -2.57. The standard InChI is InChI=1S/C28H36N2O5/c1-5-28(4,26(33)29-16-19(14-18(2)3)15-25(31)32)30-27(34)35-17-24-22-12-8-6-10-20(22)21-11-7-9-13-23(21)24/h6-13,18-19,24H,5,14-17H2,1-4H3,(H,29,33)(H,30,34)(H,31,32). The Kier molecular flexibility index (Phi) is 8.54. The van der Waals surface area contributed by atoms with Crippen molar-refractivity contribution >= 4 is 18.0 Å². The molecule has 0 aliphatic heterocycles. The van der Waals surface area contributed by atoms with Crippen molar-refractivity contribution in [1.82, 2.24) is 10.6 Å². The molecule has 1 aliphatic rings. The highest BCUT2D eigenvalue weighted by Gasteiger charge is 2.35. The van der Waals surface area contributed by atoms with Crippen LogP contribution in [0.15, 0.2) is 48.5 Å². The predicted molar refractivity (Wildman–Crippen MR) is 135 cm³/mol. The molecule has 2 atom stereocenters. The number of carbonyl (C=O) groups is 3. The van der Waals surface area contributed by atoms with Crippen molar-refractivity contribution < 1.29 is 24.2 Å². The molecule has 3 rings (SSSR count). The van der Waals surface area contributed by atoms with Crippen LogP contribution in [0.5, 0.6) is 0 Å². The number of amides is 2. The first-order valence-corrected chi connectivity index (χ1v) is 12.3. The minimum absolute atomic E-state index is 0.0128. The van der Waals surface area contributed by atoms with Crippen molar-refractivity contribution in [2.45, 2.75) is 58.4 Å². The number of fused-ring (bicyclic) bond motifs is 3. The van der Waals surface area contributed by atoms with Crippen LogP contribution < -0.4 is 10.6 Å². The fourth-order valence-corrected chi connectivity index (χ4v) is 4.75. The first-order valence-electron chi connectivity index (χ1n) is 12.3. The van der Waals surface area contributed by atoms with Gasteiger partial charge >= 0.3 is 12.1 Å². The van der Waals surface area contributed by atoms with Gasteiger partial charge in [-0.05, 0) is 53.9 Å². The summed E-state index contributed by atoms with van der Waals surface area (Å²) in [4.78, 5) is 36.9. The molecule has 0 heterocycles. The van der Waals surface area contributed by atoms with Crippen molar-refractivity contribution in [3.05, 3.63) is 59.7 Å². The third-order valence-electron chi connectivity index (χ3n) is 6.75. The van der Waals surface area contributed by atoms with E-state index in [-0.39, 0.29) is 37.3 Å². The average molecular weight is 481 g/mol. The maximum absolute atomic E-state index is 13.0. The van der Waals surface area contributed by atoms with Crippen LogP contribution in [-0.2, 0) is 14.3 Å². The highest BCUT2D eigenvalue weighted by molar-refractivity contribution is 5.89. The Morgan fingerprint density at radius 1 is 1.03 bits per heavy atom. The van der Waals surface area contributed by atoms with Gasteiger partial charge in [0.2, 0.25) is 5.91 Å². The second kappa shape index (κ2) is 11.4. The van der Waals surface area contributed by atoms with Gasteiger partial charge in [-0.2, -0.15) is 0 Å². The number of ether oxygens (including phenoxy) is 1. The summed E-state index contributed by atoms with van der Waals surface area (Å²) in [5, 5.41) is 14.7. The minimum atomic E-state index is -1.17. The number of nitrogens with one attached hydrogen (secondary N) is 2. The van der Waals surface area contributed by atoms with Crippen molar-refractivity contribution in [2.75, 3.05) is 13.2 Å². The highest BCUT2D eigenvalue weighted by Crippen LogP contribution is 2.44. The van der Waals surface area contributed by atoms with Crippen LogP contribution in [-0.4, -0.2) is 41.8 Å². The molecule has 0 aromatic heterocycles. The lowest BCUT2D eigenvalue weighted by molar-refractivity contribution is -0.138. The Hall–Kier alpha value is -3.35. The molecule has 0 saturated heterocycles. The molecule has 2 aromatic carbocycles. The van der Waals surface area contributed by atoms with E-state index in [1.54, 1.807) is 6.92 Å². The van der Waals surface area contributed by atoms with Gasteiger partial charge in [0.1, 0.15) is 12.1 Å². The maximum Gasteiger partial charge on any atom is 0.408 e. The molecule has 7 heteroatoms. The number of rotatable bonds is 11. The highest BCUT2D eigenvalue weighted by atomic mass is 16.5. The SMILES string of the molecule is CCC(C)(NC(=O)OCC1c2ccccc2-c2ccccc21)C(=O)NCC(CC(=O)O)CC(C)C. The number of alkyl carbamates (subject to hydrolysis) is 1. The summed E-state index contributed by atoms with van der Waals surface area (Å²) >= 11 is 0. The van der Waals surface area contributed by atoms with Crippen LogP contribution in [0.25, 0.3) is 11.1 Å². The van der Waals surface area contributed by atoms with E-state index in [1.165, 1.54) is 0 Å². The zero-order valence-electron chi connectivity index (χ0n) is 21.0. The van der Waals surface area contributed by atoms with Gasteiger partial charge in [-0.3, -0.25) is 9.59 Å². The van der Waals surface area contributed by atoms with E-state index >= 15 is 0 Å². The molecule has 0 fully saturated rings. The summed E-state index contributed by atoms with van der Waals surface area (Å²) in [6.07, 6.45) is 0.378. The number of carbonyl (C=O) groups excluding carboxylic acids is 2. The quantitative estimate of drug-likeness (QED) is 0.422. The van der Waals surface area contributed by atoms with Gasteiger partial charge in [0.15, 0.2) is 0 Å². The van der Waals surface area contributed by atoms with Gasteiger partial charge in [-0.1, -0.05) is 69.3 Å². The minimum Gasteiger partial charge on any atom is -0.481 e. The molecule has 2 unspecified atom stereocenters. The molecule has 0 spiro atoms. The number of aliphatic carboxylic acids is 1. The van der Waals surface area contributed by atoms with Crippen LogP contribution in [0, 0.1) is 11.8 Å². The molecule has 2 amide bonds. The van der Waals surface area contributed by atoms with E-state index in [9.17, 15) is 19.5 Å². The Balaban J connectivity index is 1.61. The van der Waals surface area contributed by atoms with E-state index in [4.69, 9.17) is 4.74 Å². The Morgan fingerprint density at radius 2 is 1.60 bits per heavy atom. The first-order chi connectivity index (χ1) is 16.6. The molecular formula is C28H36N2O5. The van der Waals surface area contributed by atoms with Gasteiger partial charge in [0, 0.05) is 18.9 Å². The Morgan fingerprint density at radius 3 is 2.11 bits per heavy atom. The molecule has 2 aromatic rings. The van der Waals surface area contributed by atoms with Crippen LogP contribution >= 0.6 is 0 Å². The molecule has 0 radical (unpaired) electrons. The van der Waals surface area contributed by atoms with Gasteiger partial charge < -0.3 is 20.5 Å². The van der Waals surface area contributed by atoms with Gasteiger partial charge in [0.25, 0.3) is 0 Å². The first kappa shape index (κ1) is 26.3. The molecule has 0 bridgehead atoms. The second-order valence-corrected chi connectivity index (χ2v) is 9.94. The Labute approximate surface area is 207 Å². The van der Waals surface area contributed by atoms with E-state index < -0.39 is 17.6 Å². The van der Waals surface area contributed by atoms with Crippen molar-refractivity contribution in [3.63, 3.8) is 0 Å². The average Bonchev–Trinajstić information content (AvgIpc) is 3.14. The molecule has 7 nitrogen and oxygen atoms in total. The fourth-order valence-electron chi connectivity index (χ4n) is 4.75. The summed E-state index contributed by atoms with van der Waals surface area (Å²) in [6.45, 7) is 7.91. The predicted octanol–water partition coefficient (Wildman–Crippen LogP) is 4.95. The monoisotopic (exact) mass is 480 g/mol. The van der Waals surface area contributed by atoms with Crippen molar-refractivity contribution in [2.24, 2.45) is 11.8 Å². The second-order valence-electron chi connectivity index (χ2n) is 9.94. The summed E-state index contributed by atoms with van der Waals surface area (Å²) < 4.78 is 5.61. The molecule has 3 N–H and O–H groups in total. The normalized spacial score (nSPS) is 15.0. The third-order valence-corrected chi connectivity index (χ3v) is 6.75. The zero-order valence-corrected chi connectivity index (χ0v) is 21.0. The van der Waals surface area contributed by atoms with Gasteiger partial charge in [0.05, 0.1) is 0 Å². The van der Waals surface area contributed by atoms with Crippen molar-refractivity contribution in [3.8, 4) is 11.1 Å². The molecule has 35 heavy (non-hydrogen) atoms. The number of carboxylic acids is 1. The summed E-state index contributed by atoms with van der Waals surface area (Å²) in [5.74, 6) is -1.17. The van der Waals surface area contributed by atoms with E-state index in [1.807, 2.05) is 45.0 Å².